The van der Waals surface area contributed by atoms with Crippen LogP contribution in [0.3, 0.4) is 0 Å². The van der Waals surface area contributed by atoms with E-state index in [0.29, 0.717) is 6.54 Å². The normalized spacial score (nSPS) is 28.0. The Labute approximate surface area is 78.5 Å². The van der Waals surface area contributed by atoms with Gasteiger partial charge in [-0.1, -0.05) is 0 Å². The first-order valence-corrected chi connectivity index (χ1v) is 4.64. The molecule has 0 aliphatic heterocycles. The molecular weight excluding hydrogens is 168 g/mol. The lowest BCUT2D eigenvalue weighted by molar-refractivity contribution is -0.128. The standard InChI is InChI=1S/C9H18N2O2/c1-9(2,13)5-11-8(12)6-3-7(10)4-6/h6-7,13H,3-5,10H2,1-2H3,(H,11,12). The number of nitrogens with two attached hydrogens (primary N) is 1. The Morgan fingerprint density at radius 2 is 2.15 bits per heavy atom. The minimum absolute atomic E-state index is 0.0174. The number of carbonyl (C=O) groups is 1. The zero-order valence-corrected chi connectivity index (χ0v) is 8.21. The van der Waals surface area contributed by atoms with Crippen LogP contribution in [0.2, 0.25) is 0 Å². The summed E-state index contributed by atoms with van der Waals surface area (Å²) in [5.74, 6) is 0.0844. The van der Waals surface area contributed by atoms with Crippen molar-refractivity contribution >= 4 is 5.91 Å². The smallest absolute Gasteiger partial charge is 0.223 e. The minimum Gasteiger partial charge on any atom is -0.389 e. The van der Waals surface area contributed by atoms with Crippen molar-refractivity contribution in [1.82, 2.24) is 5.32 Å². The second-order valence-corrected chi connectivity index (χ2v) is 4.46. The molecule has 0 spiro atoms. The summed E-state index contributed by atoms with van der Waals surface area (Å²) in [6.07, 6.45) is 1.55. The van der Waals surface area contributed by atoms with Crippen LogP contribution in [-0.4, -0.2) is 29.2 Å². The molecule has 1 aliphatic rings. The third-order valence-corrected chi connectivity index (χ3v) is 2.24. The summed E-state index contributed by atoms with van der Waals surface area (Å²) >= 11 is 0. The van der Waals surface area contributed by atoms with Crippen molar-refractivity contribution in [1.29, 1.82) is 0 Å². The Bertz CT molecular complexity index is 192. The van der Waals surface area contributed by atoms with Gasteiger partial charge in [-0.25, -0.2) is 0 Å². The molecule has 0 aromatic rings. The molecule has 1 fully saturated rings. The molecule has 13 heavy (non-hydrogen) atoms. The highest BCUT2D eigenvalue weighted by molar-refractivity contribution is 5.79. The van der Waals surface area contributed by atoms with Crippen molar-refractivity contribution in [3.8, 4) is 0 Å². The molecule has 4 N–H and O–H groups in total. The number of amides is 1. The first-order chi connectivity index (χ1) is 5.88. The second kappa shape index (κ2) is 3.64. The summed E-state index contributed by atoms with van der Waals surface area (Å²) < 4.78 is 0. The van der Waals surface area contributed by atoms with Gasteiger partial charge in [0.2, 0.25) is 5.91 Å². The molecule has 0 aromatic carbocycles. The fourth-order valence-corrected chi connectivity index (χ4v) is 1.32. The van der Waals surface area contributed by atoms with Crippen LogP contribution in [-0.2, 0) is 4.79 Å². The average molecular weight is 186 g/mol. The topological polar surface area (TPSA) is 75.3 Å². The van der Waals surface area contributed by atoms with Crippen LogP contribution in [0.1, 0.15) is 26.7 Å². The Morgan fingerprint density at radius 1 is 1.62 bits per heavy atom. The van der Waals surface area contributed by atoms with Crippen LogP contribution < -0.4 is 11.1 Å². The van der Waals surface area contributed by atoms with Crippen LogP contribution in [0.4, 0.5) is 0 Å². The van der Waals surface area contributed by atoms with E-state index in [2.05, 4.69) is 5.32 Å². The molecule has 0 saturated heterocycles. The lowest BCUT2D eigenvalue weighted by Crippen LogP contribution is -2.48. The van der Waals surface area contributed by atoms with Crippen LogP contribution >= 0.6 is 0 Å². The number of carbonyl (C=O) groups excluding carboxylic acids is 1. The highest BCUT2D eigenvalue weighted by atomic mass is 16.3. The van der Waals surface area contributed by atoms with Crippen molar-refractivity contribution in [3.63, 3.8) is 0 Å². The van der Waals surface area contributed by atoms with Gasteiger partial charge in [0.1, 0.15) is 0 Å². The summed E-state index contributed by atoms with van der Waals surface area (Å²) in [6.45, 7) is 3.64. The van der Waals surface area contributed by atoms with Crippen molar-refractivity contribution in [2.45, 2.75) is 38.3 Å². The molecule has 1 rings (SSSR count). The first-order valence-electron chi connectivity index (χ1n) is 4.64. The molecule has 4 heteroatoms. The lowest BCUT2D eigenvalue weighted by atomic mass is 9.80. The SMILES string of the molecule is CC(C)(O)CNC(=O)C1CC(N)C1. The first kappa shape index (κ1) is 10.5. The lowest BCUT2D eigenvalue weighted by Gasteiger charge is -2.31. The quantitative estimate of drug-likeness (QED) is 0.562. The van der Waals surface area contributed by atoms with E-state index in [9.17, 15) is 9.90 Å². The molecule has 0 radical (unpaired) electrons. The third-order valence-electron chi connectivity index (χ3n) is 2.24. The zero-order chi connectivity index (χ0) is 10.1. The molecule has 0 unspecified atom stereocenters. The average Bonchev–Trinajstić information content (AvgIpc) is 1.93. The van der Waals surface area contributed by atoms with E-state index < -0.39 is 5.60 Å². The van der Waals surface area contributed by atoms with Crippen molar-refractivity contribution in [2.24, 2.45) is 11.7 Å². The van der Waals surface area contributed by atoms with E-state index >= 15 is 0 Å². The summed E-state index contributed by atoms with van der Waals surface area (Å²) in [7, 11) is 0. The Kier molecular flexibility index (Phi) is 2.93. The van der Waals surface area contributed by atoms with E-state index in [1.165, 1.54) is 0 Å². The highest BCUT2D eigenvalue weighted by Crippen LogP contribution is 2.25. The van der Waals surface area contributed by atoms with Gasteiger partial charge in [-0.15, -0.1) is 0 Å². The predicted molar refractivity (Wildman–Crippen MR) is 50.0 cm³/mol. The van der Waals surface area contributed by atoms with Crippen molar-refractivity contribution in [3.05, 3.63) is 0 Å². The fourth-order valence-electron chi connectivity index (χ4n) is 1.32. The molecule has 1 aliphatic carbocycles. The van der Waals surface area contributed by atoms with E-state index in [4.69, 9.17) is 5.73 Å². The molecule has 1 saturated carbocycles. The Balaban J connectivity index is 2.19. The van der Waals surface area contributed by atoms with E-state index in [0.717, 1.165) is 12.8 Å². The van der Waals surface area contributed by atoms with Crippen LogP contribution in [0.15, 0.2) is 0 Å². The number of rotatable bonds is 3. The molecule has 0 heterocycles. The highest BCUT2D eigenvalue weighted by Gasteiger charge is 2.32. The molecule has 0 aromatic heterocycles. The maximum Gasteiger partial charge on any atom is 0.223 e. The van der Waals surface area contributed by atoms with Gasteiger partial charge in [-0.05, 0) is 26.7 Å². The van der Waals surface area contributed by atoms with Crippen LogP contribution in [0.5, 0.6) is 0 Å². The zero-order valence-electron chi connectivity index (χ0n) is 8.21. The van der Waals surface area contributed by atoms with Gasteiger partial charge < -0.3 is 16.2 Å². The Morgan fingerprint density at radius 3 is 2.54 bits per heavy atom. The predicted octanol–water partition coefficient (Wildman–Crippen LogP) is -0.389. The maximum atomic E-state index is 11.3. The summed E-state index contributed by atoms with van der Waals surface area (Å²) in [4.78, 5) is 11.3. The van der Waals surface area contributed by atoms with Gasteiger partial charge in [0, 0.05) is 18.5 Å². The molecule has 4 nitrogen and oxygen atoms in total. The van der Waals surface area contributed by atoms with Gasteiger partial charge in [-0.2, -0.15) is 0 Å². The van der Waals surface area contributed by atoms with Crippen LogP contribution in [0.25, 0.3) is 0 Å². The summed E-state index contributed by atoms with van der Waals surface area (Å²) in [6, 6.07) is 0.192. The molecule has 0 atom stereocenters. The van der Waals surface area contributed by atoms with Gasteiger partial charge in [0.15, 0.2) is 0 Å². The van der Waals surface area contributed by atoms with E-state index in [-0.39, 0.29) is 17.9 Å². The number of nitrogens with one attached hydrogen (secondary N) is 1. The number of hydrogen-bond acceptors (Lipinski definition) is 3. The van der Waals surface area contributed by atoms with Crippen molar-refractivity contribution in [2.75, 3.05) is 6.54 Å². The van der Waals surface area contributed by atoms with Crippen LogP contribution in [0, 0.1) is 5.92 Å². The van der Waals surface area contributed by atoms with Gasteiger partial charge >= 0.3 is 0 Å². The third kappa shape index (κ3) is 3.32. The summed E-state index contributed by atoms with van der Waals surface area (Å²) in [5, 5.41) is 12.1. The summed E-state index contributed by atoms with van der Waals surface area (Å²) in [5.41, 5.74) is 4.73. The van der Waals surface area contributed by atoms with Gasteiger partial charge in [0.25, 0.3) is 0 Å². The minimum atomic E-state index is -0.832. The van der Waals surface area contributed by atoms with Crippen molar-refractivity contribution < 1.29 is 9.90 Å². The largest absolute Gasteiger partial charge is 0.389 e. The number of hydrogen-bond donors (Lipinski definition) is 3. The molecule has 0 bridgehead atoms. The Hall–Kier alpha value is -0.610. The molecule has 76 valence electrons. The maximum absolute atomic E-state index is 11.3. The van der Waals surface area contributed by atoms with E-state index in [1.807, 2.05) is 0 Å². The second-order valence-electron chi connectivity index (χ2n) is 4.46. The fraction of sp³-hybridized carbons (Fsp3) is 0.889. The monoisotopic (exact) mass is 186 g/mol. The van der Waals surface area contributed by atoms with Gasteiger partial charge in [0.05, 0.1) is 5.60 Å². The number of aliphatic hydroxyl groups is 1. The van der Waals surface area contributed by atoms with Gasteiger partial charge in [-0.3, -0.25) is 4.79 Å². The molecular formula is C9H18N2O2. The van der Waals surface area contributed by atoms with E-state index in [1.54, 1.807) is 13.8 Å². The molecule has 1 amide bonds.